The van der Waals surface area contributed by atoms with Crippen molar-refractivity contribution in [2.24, 2.45) is 10.2 Å². The third-order valence-electron chi connectivity index (χ3n) is 12.8. The average Bonchev–Trinajstić information content (AvgIpc) is 3.94. The molecule has 10 rings (SSSR count). The lowest BCUT2D eigenvalue weighted by Gasteiger charge is -2.24. The molecular weight excluding hydrogens is 911 g/mol. The number of nitrogens with zero attached hydrogens (tertiary/aromatic N) is 7. The largest absolute Gasteiger partial charge is 0.489 e. The van der Waals surface area contributed by atoms with Crippen LogP contribution in [0.4, 0.5) is 22.7 Å². The van der Waals surface area contributed by atoms with Crippen LogP contribution < -0.4 is 9.64 Å². The van der Waals surface area contributed by atoms with Crippen LogP contribution in [0.25, 0.3) is 60.8 Å². The molecule has 0 aliphatic heterocycles. The van der Waals surface area contributed by atoms with E-state index in [0.717, 1.165) is 62.8 Å². The van der Waals surface area contributed by atoms with Gasteiger partial charge in [-0.15, -0.1) is 5.11 Å². The lowest BCUT2D eigenvalue weighted by Crippen LogP contribution is -2.28. The van der Waals surface area contributed by atoms with Crippen LogP contribution in [0.2, 0.25) is 0 Å². The Morgan fingerprint density at radius 1 is 0.671 bits per heavy atom. The summed E-state index contributed by atoms with van der Waals surface area (Å²) < 4.78 is 16.3. The van der Waals surface area contributed by atoms with Gasteiger partial charge in [0.15, 0.2) is 0 Å². The highest BCUT2D eigenvalue weighted by atomic mass is 16.6. The molecule has 12 heteroatoms. The summed E-state index contributed by atoms with van der Waals surface area (Å²) in [6.07, 6.45) is 1.58. The van der Waals surface area contributed by atoms with E-state index in [1.54, 1.807) is 18.2 Å². The highest BCUT2D eigenvalue weighted by Gasteiger charge is 2.16. The predicted molar refractivity (Wildman–Crippen MR) is 293 cm³/mol. The third kappa shape index (κ3) is 10.9. The first-order valence-electron chi connectivity index (χ1n) is 24.3. The molecule has 2 heterocycles. The summed E-state index contributed by atoms with van der Waals surface area (Å²) in [5.41, 5.74) is 10.2. The van der Waals surface area contributed by atoms with Crippen molar-refractivity contribution in [1.82, 2.24) is 9.13 Å². The number of nitro groups is 1. The molecule has 0 radical (unpaired) electrons. The molecular formula is C61H53N7O5. The highest BCUT2D eigenvalue weighted by molar-refractivity contribution is 6.09. The van der Waals surface area contributed by atoms with Crippen LogP contribution in [0.3, 0.4) is 0 Å². The number of carbonyl (C=O) groups is 1. The van der Waals surface area contributed by atoms with E-state index in [1.807, 2.05) is 116 Å². The summed E-state index contributed by atoms with van der Waals surface area (Å²) in [6, 6.07) is 62.7. The summed E-state index contributed by atoms with van der Waals surface area (Å²) in [7, 11) is 0. The molecule has 0 N–H and O–H groups in total. The maximum atomic E-state index is 13.2. The number of benzene rings is 8. The number of hydrogen-bond donors (Lipinski definition) is 0. The van der Waals surface area contributed by atoms with Crippen LogP contribution in [0.5, 0.6) is 5.75 Å². The summed E-state index contributed by atoms with van der Waals surface area (Å²) >= 11 is 0. The van der Waals surface area contributed by atoms with E-state index < -0.39 is 10.9 Å². The molecule has 10 aromatic rings. The Kier molecular flexibility index (Phi) is 15.1. The second-order valence-electron chi connectivity index (χ2n) is 17.2. The van der Waals surface area contributed by atoms with Crippen molar-refractivity contribution in [3.63, 3.8) is 0 Å². The summed E-state index contributed by atoms with van der Waals surface area (Å²) in [6.45, 7) is 9.63. The number of aryl methyl sites for hydroxylation is 2. The molecule has 0 bridgehead atoms. The number of carbonyl (C=O) groups excluding carboxylic acids is 1. The van der Waals surface area contributed by atoms with Gasteiger partial charge in [-0.05, 0) is 116 Å². The van der Waals surface area contributed by atoms with Gasteiger partial charge in [-0.1, -0.05) is 103 Å². The number of non-ortho nitro benzene ring substituents is 1. The molecule has 0 unspecified atom stereocenters. The first kappa shape index (κ1) is 48.7. The van der Waals surface area contributed by atoms with Gasteiger partial charge in [-0.2, -0.15) is 10.4 Å². The van der Waals surface area contributed by atoms with E-state index in [1.165, 1.54) is 33.9 Å². The van der Waals surface area contributed by atoms with Crippen LogP contribution in [-0.2, 0) is 29.2 Å². The topological polar surface area (TPSA) is 140 Å². The molecule has 0 spiro atoms. The van der Waals surface area contributed by atoms with Gasteiger partial charge in [0.1, 0.15) is 30.6 Å². The minimum Gasteiger partial charge on any atom is -0.489 e. The van der Waals surface area contributed by atoms with Gasteiger partial charge in [-0.3, -0.25) is 10.1 Å². The van der Waals surface area contributed by atoms with E-state index in [9.17, 15) is 20.2 Å². The van der Waals surface area contributed by atoms with Gasteiger partial charge < -0.3 is 23.5 Å². The Balaban J connectivity index is 0.000000369. The smallest absolute Gasteiger partial charge is 0.348 e. The van der Waals surface area contributed by atoms with Gasteiger partial charge in [0.2, 0.25) is 0 Å². The van der Waals surface area contributed by atoms with Crippen molar-refractivity contribution in [1.29, 1.82) is 5.26 Å². The number of para-hydroxylation sites is 3. The summed E-state index contributed by atoms with van der Waals surface area (Å²) in [4.78, 5) is 25.9. The van der Waals surface area contributed by atoms with Crippen molar-refractivity contribution in [3.05, 3.63) is 215 Å². The number of likely N-dealkylation sites (N-methyl/N-ethyl adjacent to an activating group) is 1. The Morgan fingerprint density at radius 3 is 1.85 bits per heavy atom. The Labute approximate surface area is 423 Å². The maximum absolute atomic E-state index is 13.2. The Hall–Kier alpha value is -9.34. The zero-order valence-corrected chi connectivity index (χ0v) is 40.9. The van der Waals surface area contributed by atoms with Gasteiger partial charge in [-0.25, -0.2) is 4.79 Å². The number of ether oxygens (including phenoxy) is 2. The molecule has 0 aliphatic carbocycles. The zero-order chi connectivity index (χ0) is 50.7. The number of aromatic nitrogens is 2. The predicted octanol–water partition coefficient (Wildman–Crippen LogP) is 15.2. The molecule has 0 amide bonds. The Morgan fingerprint density at radius 2 is 1.26 bits per heavy atom. The van der Waals surface area contributed by atoms with E-state index in [-0.39, 0.29) is 17.9 Å². The molecule has 0 fully saturated rings. The van der Waals surface area contributed by atoms with Crippen LogP contribution in [-0.4, -0.2) is 39.7 Å². The average molecular weight is 964 g/mol. The van der Waals surface area contributed by atoms with Crippen LogP contribution in [0, 0.1) is 21.4 Å². The fraction of sp³-hybridized carbons (Fsp3) is 0.148. The van der Waals surface area contributed by atoms with E-state index in [2.05, 4.69) is 98.8 Å². The number of nitro benzene ring substituents is 1. The fourth-order valence-corrected chi connectivity index (χ4v) is 9.21. The van der Waals surface area contributed by atoms with Crippen LogP contribution >= 0.6 is 0 Å². The summed E-state index contributed by atoms with van der Waals surface area (Å²) in [5.74, 6) is 0.0251. The van der Waals surface area contributed by atoms with Crippen molar-refractivity contribution >= 4 is 78.4 Å². The molecule has 362 valence electrons. The third-order valence-corrected chi connectivity index (χ3v) is 12.8. The molecule has 73 heavy (non-hydrogen) atoms. The molecule has 8 aromatic carbocycles. The number of anilines is 1. The maximum Gasteiger partial charge on any atom is 0.348 e. The fourth-order valence-electron chi connectivity index (χ4n) is 9.21. The number of nitriles is 1. The second-order valence-corrected chi connectivity index (χ2v) is 17.2. The van der Waals surface area contributed by atoms with Crippen molar-refractivity contribution in [2.45, 2.75) is 40.5 Å². The molecule has 0 aliphatic rings. The summed E-state index contributed by atoms with van der Waals surface area (Å²) in [5, 5.41) is 34.9. The lowest BCUT2D eigenvalue weighted by atomic mass is 10.0. The van der Waals surface area contributed by atoms with E-state index >= 15 is 0 Å². The first-order valence-corrected chi connectivity index (χ1v) is 24.3. The number of azo groups is 1. The highest BCUT2D eigenvalue weighted by Crippen LogP contribution is 2.37. The second kappa shape index (κ2) is 22.6. The SMILES string of the molecule is CCN(CCOC(=O)/C(C#N)=C/c1ccc2c(c1)c1ccccc1n2CC)c1ccc(N=Nc2ccc([N+](=O)[O-])cc2)c(-c2ccc(OCc3ccccc3)cc2)c1.CCn1c2ccccc2c2ccccc21. The monoisotopic (exact) mass is 963 g/mol. The van der Waals surface area contributed by atoms with Gasteiger partial charge >= 0.3 is 5.97 Å². The van der Waals surface area contributed by atoms with Crippen molar-refractivity contribution in [2.75, 3.05) is 24.6 Å². The minimum absolute atomic E-state index is 0.0297. The van der Waals surface area contributed by atoms with E-state index in [0.29, 0.717) is 36.8 Å². The molecule has 0 atom stereocenters. The van der Waals surface area contributed by atoms with Crippen LogP contribution in [0.15, 0.2) is 204 Å². The number of hydrogen-bond acceptors (Lipinski definition) is 9. The van der Waals surface area contributed by atoms with Gasteiger partial charge in [0, 0.05) is 86.6 Å². The zero-order valence-electron chi connectivity index (χ0n) is 40.9. The normalized spacial score (nSPS) is 11.5. The molecule has 0 saturated heterocycles. The van der Waals surface area contributed by atoms with E-state index in [4.69, 9.17) is 9.47 Å². The van der Waals surface area contributed by atoms with Crippen molar-refractivity contribution in [3.8, 4) is 22.9 Å². The number of esters is 1. The quantitative estimate of drug-likeness (QED) is 0.0234. The molecule has 2 aromatic heterocycles. The number of fused-ring (bicyclic) bond motifs is 6. The van der Waals surface area contributed by atoms with Crippen molar-refractivity contribution < 1.29 is 19.2 Å². The van der Waals surface area contributed by atoms with Gasteiger partial charge in [0.25, 0.3) is 5.69 Å². The first-order chi connectivity index (χ1) is 35.8. The standard InChI is InChI=1S/C47H40N6O5.C14H13N/c1-3-51(26-27-57-47(54)36(31-48)28-34-14-25-46-43(29-34)41-12-8-9-13-45(41)52(46)4-2)39-21-24-44(50-49-37-17-19-38(20-18-37)53(55)56)42(30-39)35-15-22-40(23-16-35)58-32-33-10-6-5-7-11-33;1-2-15-13-9-5-3-7-11(13)12-8-4-6-10-14(12)15/h5-25,28-30H,3-4,26-27,32H2,1-2H3;3-10H,2H2,1H3/b36-28+,50-49?;. The Bertz CT molecular complexity index is 3630. The minimum atomic E-state index is -0.688. The lowest BCUT2D eigenvalue weighted by molar-refractivity contribution is -0.384. The van der Waals surface area contributed by atoms with Gasteiger partial charge in [0.05, 0.1) is 22.8 Å². The molecule has 0 saturated carbocycles. The van der Waals surface area contributed by atoms with Crippen LogP contribution in [0.1, 0.15) is 31.9 Å². The number of rotatable bonds is 16. The molecule has 12 nitrogen and oxygen atoms in total.